The maximum atomic E-state index is 12.4. The number of fused-ring (bicyclic) bond motifs is 2. The number of methoxy groups -OCH3 is 1. The lowest BCUT2D eigenvalue weighted by molar-refractivity contribution is -0.157. The number of ether oxygens (including phenoxy) is 2. The standard InChI is InChI=1S/C21H28N2O4/c1-26-18-6-4-17(5-7-18)22-8-10-23(11-9-22)20(24)14-27-21(25)19-13-15-2-3-16(19)12-15/h4-7,15-16,19H,2-3,8-14H2,1H3. The zero-order chi connectivity index (χ0) is 18.8. The number of esters is 1. The summed E-state index contributed by atoms with van der Waals surface area (Å²) in [4.78, 5) is 28.8. The van der Waals surface area contributed by atoms with Crippen LogP contribution in [0.2, 0.25) is 0 Å². The normalized spacial score (nSPS) is 26.9. The third-order valence-corrected chi connectivity index (χ3v) is 6.45. The molecule has 1 amide bonds. The SMILES string of the molecule is COc1ccc(N2CCN(C(=O)COC(=O)C3CC4CCC3C4)CC2)cc1. The van der Waals surface area contributed by atoms with E-state index in [0.29, 0.717) is 24.9 Å². The van der Waals surface area contributed by atoms with E-state index in [-0.39, 0.29) is 24.4 Å². The lowest BCUT2D eigenvalue weighted by Crippen LogP contribution is -2.50. The number of anilines is 1. The number of hydrogen-bond donors (Lipinski definition) is 0. The molecule has 1 aromatic rings. The number of carbonyl (C=O) groups excluding carboxylic acids is 2. The molecule has 1 aliphatic heterocycles. The number of piperazine rings is 1. The van der Waals surface area contributed by atoms with E-state index in [0.717, 1.165) is 37.4 Å². The molecule has 0 N–H and O–H groups in total. The van der Waals surface area contributed by atoms with Gasteiger partial charge in [-0.15, -0.1) is 0 Å². The average molecular weight is 372 g/mol. The number of rotatable bonds is 5. The quantitative estimate of drug-likeness (QED) is 0.743. The van der Waals surface area contributed by atoms with Crippen molar-refractivity contribution in [3.8, 4) is 5.75 Å². The molecule has 3 unspecified atom stereocenters. The van der Waals surface area contributed by atoms with Gasteiger partial charge in [0, 0.05) is 31.9 Å². The van der Waals surface area contributed by atoms with Crippen molar-refractivity contribution in [2.75, 3.05) is 44.8 Å². The van der Waals surface area contributed by atoms with Crippen LogP contribution in [0.25, 0.3) is 0 Å². The monoisotopic (exact) mass is 372 g/mol. The van der Waals surface area contributed by atoms with Gasteiger partial charge in [-0.2, -0.15) is 0 Å². The van der Waals surface area contributed by atoms with Crippen molar-refractivity contribution in [3.63, 3.8) is 0 Å². The molecule has 1 heterocycles. The second-order valence-electron chi connectivity index (χ2n) is 7.95. The predicted molar refractivity (Wildman–Crippen MR) is 102 cm³/mol. The first kappa shape index (κ1) is 18.1. The van der Waals surface area contributed by atoms with Crippen LogP contribution in [0.3, 0.4) is 0 Å². The van der Waals surface area contributed by atoms with Crippen molar-refractivity contribution in [1.82, 2.24) is 4.90 Å². The maximum absolute atomic E-state index is 12.4. The van der Waals surface area contributed by atoms with E-state index in [1.807, 2.05) is 24.3 Å². The van der Waals surface area contributed by atoms with Gasteiger partial charge >= 0.3 is 5.97 Å². The first-order chi connectivity index (χ1) is 13.1. The summed E-state index contributed by atoms with van der Waals surface area (Å²) in [6, 6.07) is 7.96. The molecule has 2 saturated carbocycles. The van der Waals surface area contributed by atoms with Gasteiger partial charge in [-0.05, 0) is 55.4 Å². The Bertz CT molecular complexity index is 682. The van der Waals surface area contributed by atoms with E-state index in [1.54, 1.807) is 12.0 Å². The molecule has 3 aliphatic rings. The first-order valence-corrected chi connectivity index (χ1v) is 9.97. The third-order valence-electron chi connectivity index (χ3n) is 6.45. The molecule has 27 heavy (non-hydrogen) atoms. The van der Waals surface area contributed by atoms with E-state index in [1.165, 1.54) is 12.8 Å². The minimum Gasteiger partial charge on any atom is -0.497 e. The molecule has 3 atom stereocenters. The van der Waals surface area contributed by atoms with Crippen LogP contribution < -0.4 is 9.64 Å². The molecule has 146 valence electrons. The molecule has 0 spiro atoms. The minimum absolute atomic E-state index is 0.0310. The topological polar surface area (TPSA) is 59.1 Å². The number of carbonyl (C=O) groups is 2. The fourth-order valence-corrected chi connectivity index (χ4v) is 4.87. The molecule has 2 bridgehead atoms. The van der Waals surface area contributed by atoms with Crippen LogP contribution in [-0.4, -0.2) is 56.7 Å². The molecule has 4 rings (SSSR count). The van der Waals surface area contributed by atoms with E-state index in [4.69, 9.17) is 9.47 Å². The Balaban J connectivity index is 1.22. The van der Waals surface area contributed by atoms with Crippen LogP contribution in [0, 0.1) is 17.8 Å². The van der Waals surface area contributed by atoms with Crippen LogP contribution in [0.15, 0.2) is 24.3 Å². The van der Waals surface area contributed by atoms with Gasteiger partial charge in [-0.3, -0.25) is 9.59 Å². The van der Waals surface area contributed by atoms with Crippen LogP contribution in [-0.2, 0) is 14.3 Å². The van der Waals surface area contributed by atoms with Gasteiger partial charge in [-0.1, -0.05) is 6.42 Å². The van der Waals surface area contributed by atoms with Gasteiger partial charge < -0.3 is 19.3 Å². The Labute approximate surface area is 160 Å². The molecular weight excluding hydrogens is 344 g/mol. The third kappa shape index (κ3) is 3.89. The van der Waals surface area contributed by atoms with Crippen molar-refractivity contribution < 1.29 is 19.1 Å². The maximum Gasteiger partial charge on any atom is 0.309 e. The summed E-state index contributed by atoms with van der Waals surface area (Å²) >= 11 is 0. The lowest BCUT2D eigenvalue weighted by atomic mass is 9.89. The lowest BCUT2D eigenvalue weighted by Gasteiger charge is -2.36. The second kappa shape index (κ2) is 7.79. The second-order valence-corrected chi connectivity index (χ2v) is 7.95. The van der Waals surface area contributed by atoms with E-state index < -0.39 is 0 Å². The van der Waals surface area contributed by atoms with E-state index in [9.17, 15) is 9.59 Å². The van der Waals surface area contributed by atoms with Crippen molar-refractivity contribution in [1.29, 1.82) is 0 Å². The Morgan fingerprint density at radius 3 is 2.37 bits per heavy atom. The molecule has 1 saturated heterocycles. The van der Waals surface area contributed by atoms with Crippen LogP contribution in [0.4, 0.5) is 5.69 Å². The fourth-order valence-electron chi connectivity index (χ4n) is 4.87. The zero-order valence-electron chi connectivity index (χ0n) is 15.9. The highest BCUT2D eigenvalue weighted by Crippen LogP contribution is 2.48. The van der Waals surface area contributed by atoms with Gasteiger partial charge in [0.05, 0.1) is 13.0 Å². The van der Waals surface area contributed by atoms with Crippen molar-refractivity contribution >= 4 is 17.6 Å². The summed E-state index contributed by atoms with van der Waals surface area (Å²) in [5, 5.41) is 0. The van der Waals surface area contributed by atoms with Crippen LogP contribution in [0.5, 0.6) is 5.75 Å². The number of hydrogen-bond acceptors (Lipinski definition) is 5. The van der Waals surface area contributed by atoms with E-state index >= 15 is 0 Å². The zero-order valence-corrected chi connectivity index (χ0v) is 15.9. The van der Waals surface area contributed by atoms with Gasteiger partial charge in [-0.25, -0.2) is 0 Å². The minimum atomic E-state index is -0.160. The molecular formula is C21H28N2O4. The summed E-state index contributed by atoms with van der Waals surface area (Å²) in [6.07, 6.45) is 4.52. The van der Waals surface area contributed by atoms with E-state index in [2.05, 4.69) is 4.90 Å². The summed E-state index contributed by atoms with van der Waals surface area (Å²) < 4.78 is 10.6. The molecule has 3 fully saturated rings. The molecule has 0 aromatic heterocycles. The van der Waals surface area contributed by atoms with Gasteiger partial charge in [0.25, 0.3) is 5.91 Å². The molecule has 6 heteroatoms. The Morgan fingerprint density at radius 1 is 1.04 bits per heavy atom. The number of nitrogens with zero attached hydrogens (tertiary/aromatic N) is 2. The van der Waals surface area contributed by atoms with Gasteiger partial charge in [0.1, 0.15) is 5.75 Å². The van der Waals surface area contributed by atoms with Gasteiger partial charge in [0.15, 0.2) is 6.61 Å². The predicted octanol–water partition coefficient (Wildman–Crippen LogP) is 2.32. The van der Waals surface area contributed by atoms with Crippen molar-refractivity contribution in [3.05, 3.63) is 24.3 Å². The Kier molecular flexibility index (Phi) is 5.23. The molecule has 1 aromatic carbocycles. The number of benzene rings is 1. The Hall–Kier alpha value is -2.24. The highest BCUT2D eigenvalue weighted by atomic mass is 16.5. The molecule has 2 aliphatic carbocycles. The summed E-state index contributed by atoms with van der Waals surface area (Å²) in [5.41, 5.74) is 1.13. The van der Waals surface area contributed by atoms with Crippen molar-refractivity contribution in [2.24, 2.45) is 17.8 Å². The van der Waals surface area contributed by atoms with Crippen LogP contribution >= 0.6 is 0 Å². The smallest absolute Gasteiger partial charge is 0.309 e. The van der Waals surface area contributed by atoms with Crippen molar-refractivity contribution in [2.45, 2.75) is 25.7 Å². The first-order valence-electron chi connectivity index (χ1n) is 9.97. The summed E-state index contributed by atoms with van der Waals surface area (Å²) in [5.74, 6) is 1.82. The summed E-state index contributed by atoms with van der Waals surface area (Å²) in [7, 11) is 1.66. The largest absolute Gasteiger partial charge is 0.497 e. The highest BCUT2D eigenvalue weighted by Gasteiger charge is 2.44. The average Bonchev–Trinajstić information content (AvgIpc) is 3.36. The number of amides is 1. The van der Waals surface area contributed by atoms with Crippen LogP contribution in [0.1, 0.15) is 25.7 Å². The Morgan fingerprint density at radius 2 is 1.78 bits per heavy atom. The fraction of sp³-hybridized carbons (Fsp3) is 0.619. The molecule has 0 radical (unpaired) electrons. The molecule has 6 nitrogen and oxygen atoms in total. The van der Waals surface area contributed by atoms with Gasteiger partial charge in [0.2, 0.25) is 0 Å². The highest BCUT2D eigenvalue weighted by molar-refractivity contribution is 5.82. The summed E-state index contributed by atoms with van der Waals surface area (Å²) in [6.45, 7) is 2.74.